The summed E-state index contributed by atoms with van der Waals surface area (Å²) < 4.78 is 10.5. The highest BCUT2D eigenvalue weighted by atomic mass is 16.5. The van der Waals surface area contributed by atoms with Crippen molar-refractivity contribution in [3.63, 3.8) is 0 Å². The Labute approximate surface area is 175 Å². The molecule has 3 aromatic rings. The third-order valence-corrected chi connectivity index (χ3v) is 4.55. The Kier molecular flexibility index (Phi) is 7.05. The fraction of sp³-hybridized carbons (Fsp3) is 0.167. The smallest absolute Gasteiger partial charge is 0.253 e. The molecule has 0 bridgehead atoms. The molecule has 3 rings (SSSR count). The molecule has 0 radical (unpaired) electrons. The highest BCUT2D eigenvalue weighted by Gasteiger charge is 2.14. The number of hydrogen-bond donors (Lipinski definition) is 2. The summed E-state index contributed by atoms with van der Waals surface area (Å²) >= 11 is 0. The van der Waals surface area contributed by atoms with Crippen LogP contribution in [0, 0.1) is 0 Å². The average molecular weight is 404 g/mol. The molecule has 0 aliphatic rings. The summed E-state index contributed by atoms with van der Waals surface area (Å²) in [6.45, 7) is 0.410. The number of rotatable bonds is 8. The highest BCUT2D eigenvalue weighted by molar-refractivity contribution is 6.04. The molecule has 30 heavy (non-hydrogen) atoms. The first kappa shape index (κ1) is 20.9. The van der Waals surface area contributed by atoms with Gasteiger partial charge in [0.1, 0.15) is 0 Å². The summed E-state index contributed by atoms with van der Waals surface area (Å²) in [6, 6.07) is 21.9. The van der Waals surface area contributed by atoms with Gasteiger partial charge >= 0.3 is 0 Å². The van der Waals surface area contributed by atoms with Crippen molar-refractivity contribution in [1.82, 2.24) is 5.32 Å². The second-order valence-electron chi connectivity index (χ2n) is 6.63. The number of ether oxygens (including phenoxy) is 2. The van der Waals surface area contributed by atoms with E-state index in [9.17, 15) is 9.59 Å². The SMILES string of the molecule is COc1ccc(CC(=O)Nc2ccccc2C(=O)NCc2ccccc2)cc1OC. The molecule has 0 spiro atoms. The number of hydrogen-bond acceptors (Lipinski definition) is 4. The quantitative estimate of drug-likeness (QED) is 0.599. The second-order valence-corrected chi connectivity index (χ2v) is 6.63. The van der Waals surface area contributed by atoms with E-state index in [-0.39, 0.29) is 18.2 Å². The molecule has 0 unspecified atom stereocenters. The van der Waals surface area contributed by atoms with Crippen LogP contribution in [-0.4, -0.2) is 26.0 Å². The van der Waals surface area contributed by atoms with Gasteiger partial charge in [0.25, 0.3) is 5.91 Å². The molecule has 2 N–H and O–H groups in total. The van der Waals surface area contributed by atoms with Gasteiger partial charge in [0.05, 0.1) is 31.9 Å². The third-order valence-electron chi connectivity index (χ3n) is 4.55. The van der Waals surface area contributed by atoms with Crippen molar-refractivity contribution in [2.75, 3.05) is 19.5 Å². The first-order valence-corrected chi connectivity index (χ1v) is 9.52. The maximum Gasteiger partial charge on any atom is 0.253 e. The number of benzene rings is 3. The van der Waals surface area contributed by atoms with Crippen LogP contribution in [-0.2, 0) is 17.8 Å². The number of anilines is 1. The Morgan fingerprint density at radius 3 is 2.23 bits per heavy atom. The molecule has 0 saturated carbocycles. The van der Waals surface area contributed by atoms with E-state index >= 15 is 0 Å². The minimum Gasteiger partial charge on any atom is -0.493 e. The first-order valence-electron chi connectivity index (χ1n) is 9.52. The molecule has 0 atom stereocenters. The number of carbonyl (C=O) groups excluding carboxylic acids is 2. The predicted molar refractivity (Wildman–Crippen MR) is 116 cm³/mol. The fourth-order valence-electron chi connectivity index (χ4n) is 3.03. The van der Waals surface area contributed by atoms with E-state index in [0.717, 1.165) is 11.1 Å². The van der Waals surface area contributed by atoms with Gasteiger partial charge in [0.2, 0.25) is 5.91 Å². The van der Waals surface area contributed by atoms with Gasteiger partial charge in [-0.15, -0.1) is 0 Å². The van der Waals surface area contributed by atoms with Gasteiger partial charge < -0.3 is 20.1 Å². The van der Waals surface area contributed by atoms with Crippen LogP contribution in [0.4, 0.5) is 5.69 Å². The Balaban J connectivity index is 1.66. The van der Waals surface area contributed by atoms with E-state index in [2.05, 4.69) is 10.6 Å². The van der Waals surface area contributed by atoms with Crippen molar-refractivity contribution in [3.8, 4) is 11.5 Å². The van der Waals surface area contributed by atoms with Crippen LogP contribution < -0.4 is 20.1 Å². The first-order chi connectivity index (χ1) is 14.6. The Hall–Kier alpha value is -3.80. The van der Waals surface area contributed by atoms with Gasteiger partial charge in [-0.1, -0.05) is 48.5 Å². The Bertz CT molecular complexity index is 1020. The van der Waals surface area contributed by atoms with E-state index in [1.54, 1.807) is 56.7 Å². The molecule has 0 aromatic heterocycles. The summed E-state index contributed by atoms with van der Waals surface area (Å²) in [7, 11) is 3.11. The number of amides is 2. The van der Waals surface area contributed by atoms with Crippen molar-refractivity contribution < 1.29 is 19.1 Å². The summed E-state index contributed by atoms with van der Waals surface area (Å²) in [5.41, 5.74) is 2.65. The van der Waals surface area contributed by atoms with Gasteiger partial charge in [-0.05, 0) is 35.4 Å². The van der Waals surface area contributed by atoms with E-state index in [1.807, 2.05) is 30.3 Å². The minimum absolute atomic E-state index is 0.139. The lowest BCUT2D eigenvalue weighted by molar-refractivity contribution is -0.115. The van der Waals surface area contributed by atoms with Crippen molar-refractivity contribution in [3.05, 3.63) is 89.5 Å². The molecule has 0 aliphatic heterocycles. The summed E-state index contributed by atoms with van der Waals surface area (Å²) in [5.74, 6) is 0.678. The van der Waals surface area contributed by atoms with Crippen LogP contribution in [0.3, 0.4) is 0 Å². The van der Waals surface area contributed by atoms with Gasteiger partial charge in [-0.3, -0.25) is 9.59 Å². The van der Waals surface area contributed by atoms with Gasteiger partial charge in [-0.2, -0.15) is 0 Å². The molecule has 6 nitrogen and oxygen atoms in total. The number of nitrogens with one attached hydrogen (secondary N) is 2. The van der Waals surface area contributed by atoms with E-state index in [1.165, 1.54) is 0 Å². The van der Waals surface area contributed by atoms with Crippen LogP contribution in [0.2, 0.25) is 0 Å². The monoisotopic (exact) mass is 404 g/mol. The largest absolute Gasteiger partial charge is 0.493 e. The fourth-order valence-corrected chi connectivity index (χ4v) is 3.03. The van der Waals surface area contributed by atoms with Crippen molar-refractivity contribution in [2.45, 2.75) is 13.0 Å². The lowest BCUT2D eigenvalue weighted by Crippen LogP contribution is -2.25. The minimum atomic E-state index is -0.249. The molecule has 3 aromatic carbocycles. The lowest BCUT2D eigenvalue weighted by atomic mass is 10.1. The summed E-state index contributed by atoms with van der Waals surface area (Å²) in [4.78, 5) is 25.2. The van der Waals surface area contributed by atoms with Gasteiger partial charge in [0, 0.05) is 6.54 Å². The number of para-hydroxylation sites is 1. The standard InChI is InChI=1S/C24H24N2O4/c1-29-21-13-12-18(14-22(21)30-2)15-23(27)26-20-11-7-6-10-19(20)24(28)25-16-17-8-4-3-5-9-17/h3-14H,15-16H2,1-2H3,(H,25,28)(H,26,27). The molecular formula is C24H24N2O4. The summed E-state index contributed by atoms with van der Waals surface area (Å²) in [6.07, 6.45) is 0.139. The van der Waals surface area contributed by atoms with Crippen LogP contribution in [0.15, 0.2) is 72.8 Å². The van der Waals surface area contributed by atoms with E-state index in [4.69, 9.17) is 9.47 Å². The molecule has 0 aliphatic carbocycles. The number of carbonyl (C=O) groups is 2. The maximum absolute atomic E-state index is 12.6. The lowest BCUT2D eigenvalue weighted by Gasteiger charge is -2.12. The normalized spacial score (nSPS) is 10.2. The highest BCUT2D eigenvalue weighted by Crippen LogP contribution is 2.28. The van der Waals surface area contributed by atoms with E-state index < -0.39 is 0 Å². The molecule has 154 valence electrons. The average Bonchev–Trinajstić information content (AvgIpc) is 2.78. The molecule has 0 fully saturated rings. The van der Waals surface area contributed by atoms with E-state index in [0.29, 0.717) is 29.3 Å². The van der Waals surface area contributed by atoms with Crippen LogP contribution in [0.25, 0.3) is 0 Å². The Morgan fingerprint density at radius 1 is 0.800 bits per heavy atom. The molecule has 0 heterocycles. The Morgan fingerprint density at radius 2 is 1.50 bits per heavy atom. The maximum atomic E-state index is 12.6. The molecular weight excluding hydrogens is 380 g/mol. The van der Waals surface area contributed by atoms with Crippen molar-refractivity contribution in [2.24, 2.45) is 0 Å². The zero-order valence-electron chi connectivity index (χ0n) is 17.0. The van der Waals surface area contributed by atoms with Crippen molar-refractivity contribution in [1.29, 1.82) is 0 Å². The van der Waals surface area contributed by atoms with Gasteiger partial charge in [0.15, 0.2) is 11.5 Å². The predicted octanol–water partition coefficient (Wildman–Crippen LogP) is 3.82. The summed E-state index contributed by atoms with van der Waals surface area (Å²) in [5, 5.41) is 5.72. The van der Waals surface area contributed by atoms with Crippen LogP contribution in [0.5, 0.6) is 11.5 Å². The van der Waals surface area contributed by atoms with Gasteiger partial charge in [-0.25, -0.2) is 0 Å². The van der Waals surface area contributed by atoms with Crippen molar-refractivity contribution >= 4 is 17.5 Å². The molecule has 0 saturated heterocycles. The third kappa shape index (κ3) is 5.38. The number of methoxy groups -OCH3 is 2. The van der Waals surface area contributed by atoms with Crippen LogP contribution >= 0.6 is 0 Å². The topological polar surface area (TPSA) is 76.7 Å². The molecule has 2 amide bonds. The van der Waals surface area contributed by atoms with Crippen LogP contribution in [0.1, 0.15) is 21.5 Å². The molecule has 6 heteroatoms. The zero-order chi connectivity index (χ0) is 21.3. The zero-order valence-corrected chi connectivity index (χ0v) is 17.0. The second kappa shape index (κ2) is 10.1.